The highest BCUT2D eigenvalue weighted by Crippen LogP contribution is 2.34. The minimum Gasteiger partial charge on any atom is -0.393 e. The molecule has 0 aromatic rings. The molecule has 2 aliphatic rings. The van der Waals surface area contributed by atoms with Gasteiger partial charge in [-0.15, -0.1) is 0 Å². The standard InChI is InChI=1S/C11H20O3S2/c12-9-1-3-15-5-7(9)11(14)8-6-16-4-2-10(8)13/h7-14H,1-6H2/t7-,8-,9-,10?,11?/m1/s1. The molecule has 3 N–H and O–H groups in total. The van der Waals surface area contributed by atoms with Gasteiger partial charge in [0, 0.05) is 23.3 Å². The van der Waals surface area contributed by atoms with Crippen LogP contribution >= 0.6 is 23.5 Å². The number of hydrogen-bond acceptors (Lipinski definition) is 5. The van der Waals surface area contributed by atoms with Crippen molar-refractivity contribution in [3.8, 4) is 0 Å². The van der Waals surface area contributed by atoms with E-state index in [1.54, 1.807) is 23.5 Å². The van der Waals surface area contributed by atoms with Gasteiger partial charge in [0.2, 0.25) is 0 Å². The lowest BCUT2D eigenvalue weighted by Crippen LogP contribution is -2.46. The fourth-order valence-electron chi connectivity index (χ4n) is 2.47. The molecule has 0 saturated carbocycles. The summed E-state index contributed by atoms with van der Waals surface area (Å²) >= 11 is 3.58. The Bertz CT molecular complexity index is 205. The first-order valence-corrected chi connectivity index (χ1v) is 8.21. The lowest BCUT2D eigenvalue weighted by Gasteiger charge is -2.38. The third-order valence-corrected chi connectivity index (χ3v) is 5.89. The fraction of sp³-hybridized carbons (Fsp3) is 1.00. The van der Waals surface area contributed by atoms with E-state index in [9.17, 15) is 15.3 Å². The Hall–Kier alpha value is 0.580. The van der Waals surface area contributed by atoms with Crippen LogP contribution in [-0.4, -0.2) is 56.6 Å². The van der Waals surface area contributed by atoms with Crippen molar-refractivity contribution < 1.29 is 15.3 Å². The minimum absolute atomic E-state index is 0.0582. The van der Waals surface area contributed by atoms with Gasteiger partial charge in [0.25, 0.3) is 0 Å². The first-order valence-electron chi connectivity index (χ1n) is 5.90. The summed E-state index contributed by atoms with van der Waals surface area (Å²) in [5.74, 6) is 3.47. The number of hydrogen-bond donors (Lipinski definition) is 3. The second-order valence-electron chi connectivity index (χ2n) is 4.68. The van der Waals surface area contributed by atoms with E-state index in [2.05, 4.69) is 0 Å². The van der Waals surface area contributed by atoms with Gasteiger partial charge in [-0.25, -0.2) is 0 Å². The molecule has 3 nitrogen and oxygen atoms in total. The summed E-state index contributed by atoms with van der Waals surface area (Å²) in [6.45, 7) is 0. The average Bonchev–Trinajstić information content (AvgIpc) is 2.29. The van der Waals surface area contributed by atoms with E-state index in [0.29, 0.717) is 0 Å². The van der Waals surface area contributed by atoms with Crippen LogP contribution in [-0.2, 0) is 0 Å². The summed E-state index contributed by atoms with van der Waals surface area (Å²) in [5, 5.41) is 30.1. The molecule has 0 aliphatic carbocycles. The van der Waals surface area contributed by atoms with Crippen molar-refractivity contribution in [2.45, 2.75) is 31.2 Å². The van der Waals surface area contributed by atoms with Crippen LogP contribution in [0.3, 0.4) is 0 Å². The quantitative estimate of drug-likeness (QED) is 0.681. The second-order valence-corrected chi connectivity index (χ2v) is 6.98. The highest BCUT2D eigenvalue weighted by molar-refractivity contribution is 7.99. The van der Waals surface area contributed by atoms with Gasteiger partial charge in [0.15, 0.2) is 0 Å². The zero-order valence-electron chi connectivity index (χ0n) is 9.29. The molecule has 0 radical (unpaired) electrons. The second kappa shape index (κ2) is 5.96. The highest BCUT2D eigenvalue weighted by Gasteiger charge is 2.38. The average molecular weight is 264 g/mol. The predicted molar refractivity (Wildman–Crippen MR) is 68.9 cm³/mol. The number of thioether (sulfide) groups is 2. The molecular weight excluding hydrogens is 244 g/mol. The summed E-state index contributed by atoms with van der Waals surface area (Å²) in [6.07, 6.45) is 0.196. The number of rotatable bonds is 2. The van der Waals surface area contributed by atoms with Crippen LogP contribution in [0.2, 0.25) is 0 Å². The lowest BCUT2D eigenvalue weighted by atomic mass is 9.84. The fourth-order valence-corrected chi connectivity index (χ4v) is 5.00. The minimum atomic E-state index is -0.550. The summed E-state index contributed by atoms with van der Waals surface area (Å²) in [7, 11) is 0. The molecule has 2 heterocycles. The first-order chi connectivity index (χ1) is 7.70. The van der Waals surface area contributed by atoms with E-state index in [-0.39, 0.29) is 11.8 Å². The number of aliphatic hydroxyl groups excluding tert-OH is 3. The summed E-state index contributed by atoms with van der Waals surface area (Å²) in [4.78, 5) is 0. The van der Waals surface area contributed by atoms with Crippen molar-refractivity contribution in [2.75, 3.05) is 23.0 Å². The van der Waals surface area contributed by atoms with Gasteiger partial charge in [-0.05, 0) is 24.3 Å². The van der Waals surface area contributed by atoms with Crippen LogP contribution in [0.15, 0.2) is 0 Å². The molecule has 0 spiro atoms. The molecule has 2 unspecified atom stereocenters. The van der Waals surface area contributed by atoms with Crippen LogP contribution in [0.4, 0.5) is 0 Å². The Morgan fingerprint density at radius 1 is 0.875 bits per heavy atom. The summed E-state index contributed by atoms with van der Waals surface area (Å²) < 4.78 is 0. The van der Waals surface area contributed by atoms with E-state index in [1.807, 2.05) is 0 Å². The molecule has 94 valence electrons. The Kier molecular flexibility index (Phi) is 4.85. The normalized spacial score (nSPS) is 42.9. The maximum Gasteiger partial charge on any atom is 0.0661 e. The molecule has 5 atom stereocenters. The molecule has 0 amide bonds. The summed E-state index contributed by atoms with van der Waals surface area (Å²) in [6, 6.07) is 0. The summed E-state index contributed by atoms with van der Waals surface area (Å²) in [5.41, 5.74) is 0. The van der Waals surface area contributed by atoms with Crippen LogP contribution in [0.5, 0.6) is 0 Å². The zero-order chi connectivity index (χ0) is 11.5. The van der Waals surface area contributed by atoms with Gasteiger partial charge in [0.1, 0.15) is 0 Å². The van der Waals surface area contributed by atoms with Crippen molar-refractivity contribution in [3.63, 3.8) is 0 Å². The van der Waals surface area contributed by atoms with Crippen LogP contribution in [0.1, 0.15) is 12.8 Å². The molecule has 0 aromatic heterocycles. The van der Waals surface area contributed by atoms with Crippen molar-refractivity contribution >= 4 is 23.5 Å². The Balaban J connectivity index is 1.96. The third-order valence-electron chi connectivity index (χ3n) is 3.60. The van der Waals surface area contributed by atoms with E-state index in [1.165, 1.54) is 0 Å². The van der Waals surface area contributed by atoms with Gasteiger partial charge in [-0.1, -0.05) is 0 Å². The van der Waals surface area contributed by atoms with Gasteiger partial charge in [0.05, 0.1) is 18.3 Å². The SMILES string of the molecule is OC1CCSC[C@H]1C(O)[C@@H]1CSCC[C@H]1O. The molecule has 5 heteroatoms. The topological polar surface area (TPSA) is 60.7 Å². The van der Waals surface area contributed by atoms with Crippen molar-refractivity contribution in [1.29, 1.82) is 0 Å². The Morgan fingerprint density at radius 3 is 1.69 bits per heavy atom. The van der Waals surface area contributed by atoms with Crippen molar-refractivity contribution in [1.82, 2.24) is 0 Å². The monoisotopic (exact) mass is 264 g/mol. The maximum absolute atomic E-state index is 10.3. The lowest BCUT2D eigenvalue weighted by molar-refractivity contribution is -0.0440. The third kappa shape index (κ3) is 2.88. The molecule has 2 saturated heterocycles. The zero-order valence-corrected chi connectivity index (χ0v) is 10.9. The molecule has 0 aromatic carbocycles. The number of aliphatic hydroxyl groups is 3. The van der Waals surface area contributed by atoms with Crippen molar-refractivity contribution in [2.24, 2.45) is 11.8 Å². The largest absolute Gasteiger partial charge is 0.393 e. The van der Waals surface area contributed by atoms with Crippen LogP contribution in [0, 0.1) is 11.8 Å². The van der Waals surface area contributed by atoms with Gasteiger partial charge in [-0.2, -0.15) is 23.5 Å². The van der Waals surface area contributed by atoms with E-state index >= 15 is 0 Å². The van der Waals surface area contributed by atoms with E-state index in [0.717, 1.165) is 35.9 Å². The van der Waals surface area contributed by atoms with Gasteiger partial charge >= 0.3 is 0 Å². The molecule has 0 bridgehead atoms. The van der Waals surface area contributed by atoms with E-state index in [4.69, 9.17) is 0 Å². The van der Waals surface area contributed by atoms with Gasteiger partial charge in [-0.3, -0.25) is 0 Å². The smallest absolute Gasteiger partial charge is 0.0661 e. The van der Waals surface area contributed by atoms with Crippen LogP contribution in [0.25, 0.3) is 0 Å². The molecule has 2 aliphatic heterocycles. The van der Waals surface area contributed by atoms with Crippen molar-refractivity contribution in [3.05, 3.63) is 0 Å². The Labute approximate surface area is 105 Å². The van der Waals surface area contributed by atoms with E-state index < -0.39 is 18.3 Å². The van der Waals surface area contributed by atoms with Gasteiger partial charge < -0.3 is 15.3 Å². The highest BCUT2D eigenvalue weighted by atomic mass is 32.2. The predicted octanol–water partition coefficient (Wildman–Crippen LogP) is 0.575. The molecule has 2 fully saturated rings. The molecule has 16 heavy (non-hydrogen) atoms. The maximum atomic E-state index is 10.3. The molecule has 2 rings (SSSR count). The van der Waals surface area contributed by atoms with Crippen LogP contribution < -0.4 is 0 Å². The Morgan fingerprint density at radius 2 is 1.31 bits per heavy atom. The molecular formula is C11H20O3S2. The first kappa shape index (κ1) is 13.0.